The molecule has 1 aliphatic rings. The second kappa shape index (κ2) is 5.82. The Morgan fingerprint density at radius 3 is 2.76 bits per heavy atom. The van der Waals surface area contributed by atoms with Crippen molar-refractivity contribution in [1.29, 1.82) is 0 Å². The minimum absolute atomic E-state index is 0.0261. The first-order valence-corrected chi connectivity index (χ1v) is 7.96. The van der Waals surface area contributed by atoms with Gasteiger partial charge in [0.1, 0.15) is 0 Å². The van der Waals surface area contributed by atoms with Crippen molar-refractivity contribution >= 4 is 28.2 Å². The number of fused-ring (bicyclic) bond motifs is 1. The summed E-state index contributed by atoms with van der Waals surface area (Å²) in [5.41, 5.74) is 2.09. The summed E-state index contributed by atoms with van der Waals surface area (Å²) in [6.07, 6.45) is 4.49. The Hall–Kier alpha value is -1.32. The van der Waals surface area contributed by atoms with Crippen molar-refractivity contribution < 1.29 is 0 Å². The average Bonchev–Trinajstić information content (AvgIpc) is 2.90. The molecule has 0 bridgehead atoms. The van der Waals surface area contributed by atoms with Gasteiger partial charge in [-0.05, 0) is 64.0 Å². The molecule has 0 aliphatic carbocycles. The predicted molar refractivity (Wildman–Crippen MR) is 90.1 cm³/mol. The number of likely N-dealkylation sites (tertiary alicyclic amines) is 1. The summed E-state index contributed by atoms with van der Waals surface area (Å²) < 4.78 is 0. The number of aromatic nitrogens is 1. The molecular weight excluding hydrogens is 282 g/mol. The van der Waals surface area contributed by atoms with Crippen LogP contribution in [0.2, 0.25) is 5.02 Å². The van der Waals surface area contributed by atoms with Gasteiger partial charge in [-0.3, -0.25) is 4.98 Å². The molecule has 2 aromatic rings. The highest BCUT2D eigenvalue weighted by atomic mass is 35.5. The zero-order valence-corrected chi connectivity index (χ0v) is 13.5. The summed E-state index contributed by atoms with van der Waals surface area (Å²) in [5.74, 6) is 0. The highest BCUT2D eigenvalue weighted by Gasteiger charge is 2.24. The third-order valence-corrected chi connectivity index (χ3v) is 4.23. The van der Waals surface area contributed by atoms with Crippen LogP contribution in [0.5, 0.6) is 0 Å². The SMILES string of the molecule is CC(C)(CN1CCCC1)Nc1ccnc2cc(Cl)ccc12. The number of hydrogen-bond donors (Lipinski definition) is 1. The van der Waals surface area contributed by atoms with E-state index in [1.165, 1.54) is 25.9 Å². The van der Waals surface area contributed by atoms with E-state index in [-0.39, 0.29) is 5.54 Å². The quantitative estimate of drug-likeness (QED) is 0.918. The largest absolute Gasteiger partial charge is 0.378 e. The van der Waals surface area contributed by atoms with Crippen LogP contribution in [-0.2, 0) is 0 Å². The smallest absolute Gasteiger partial charge is 0.0737 e. The monoisotopic (exact) mass is 303 g/mol. The zero-order valence-electron chi connectivity index (χ0n) is 12.7. The average molecular weight is 304 g/mol. The van der Waals surface area contributed by atoms with Crippen LogP contribution in [0.25, 0.3) is 10.9 Å². The topological polar surface area (TPSA) is 28.2 Å². The maximum Gasteiger partial charge on any atom is 0.0737 e. The molecule has 1 aliphatic heterocycles. The van der Waals surface area contributed by atoms with Gasteiger partial charge in [0.2, 0.25) is 0 Å². The van der Waals surface area contributed by atoms with Gasteiger partial charge in [0, 0.05) is 34.4 Å². The summed E-state index contributed by atoms with van der Waals surface area (Å²) in [4.78, 5) is 6.94. The second-order valence-electron chi connectivity index (χ2n) is 6.51. The van der Waals surface area contributed by atoms with Gasteiger partial charge in [0.05, 0.1) is 5.52 Å². The summed E-state index contributed by atoms with van der Waals surface area (Å²) in [5, 5.41) is 5.53. The molecule has 3 nitrogen and oxygen atoms in total. The number of nitrogens with one attached hydrogen (secondary N) is 1. The predicted octanol–water partition coefficient (Wildman–Crippen LogP) is 4.17. The van der Waals surface area contributed by atoms with E-state index in [9.17, 15) is 0 Å². The Kier molecular flexibility index (Phi) is 4.05. The van der Waals surface area contributed by atoms with Crippen LogP contribution < -0.4 is 5.32 Å². The molecule has 1 fully saturated rings. The first kappa shape index (κ1) is 14.6. The summed E-state index contributed by atoms with van der Waals surface area (Å²) in [6.45, 7) is 8.01. The number of halogens is 1. The zero-order chi connectivity index (χ0) is 14.9. The summed E-state index contributed by atoms with van der Waals surface area (Å²) in [6, 6.07) is 7.92. The molecule has 0 atom stereocenters. The number of anilines is 1. The van der Waals surface area contributed by atoms with E-state index in [4.69, 9.17) is 11.6 Å². The van der Waals surface area contributed by atoms with Crippen molar-refractivity contribution in [3.05, 3.63) is 35.5 Å². The van der Waals surface area contributed by atoms with Crippen molar-refractivity contribution in [2.24, 2.45) is 0 Å². The molecule has 0 spiro atoms. The van der Waals surface area contributed by atoms with Crippen LogP contribution in [0.3, 0.4) is 0 Å². The highest BCUT2D eigenvalue weighted by molar-refractivity contribution is 6.31. The first-order valence-electron chi connectivity index (χ1n) is 7.58. The van der Waals surface area contributed by atoms with Crippen molar-refractivity contribution in [3.63, 3.8) is 0 Å². The normalized spacial score (nSPS) is 16.5. The third-order valence-electron chi connectivity index (χ3n) is 4.00. The molecule has 2 heterocycles. The van der Waals surface area contributed by atoms with Crippen LogP contribution in [0.4, 0.5) is 5.69 Å². The molecule has 3 rings (SSSR count). The number of rotatable bonds is 4. The number of nitrogens with zero attached hydrogens (tertiary/aromatic N) is 2. The molecule has 1 saturated heterocycles. The Bertz CT molecular complexity index is 633. The van der Waals surface area contributed by atoms with Gasteiger partial charge in [0.25, 0.3) is 0 Å². The molecule has 1 aromatic heterocycles. The molecule has 4 heteroatoms. The van der Waals surface area contributed by atoms with Crippen LogP contribution in [0, 0.1) is 0 Å². The van der Waals surface area contributed by atoms with E-state index in [1.54, 1.807) is 0 Å². The van der Waals surface area contributed by atoms with Crippen LogP contribution in [0.15, 0.2) is 30.5 Å². The van der Waals surface area contributed by atoms with Gasteiger partial charge in [-0.15, -0.1) is 0 Å². The molecule has 1 N–H and O–H groups in total. The number of hydrogen-bond acceptors (Lipinski definition) is 3. The Morgan fingerprint density at radius 1 is 1.24 bits per heavy atom. The Morgan fingerprint density at radius 2 is 2.00 bits per heavy atom. The van der Waals surface area contributed by atoms with Gasteiger partial charge in [0.15, 0.2) is 0 Å². The molecule has 0 saturated carbocycles. The van der Waals surface area contributed by atoms with Crippen LogP contribution >= 0.6 is 11.6 Å². The van der Waals surface area contributed by atoms with Gasteiger partial charge < -0.3 is 10.2 Å². The molecule has 0 unspecified atom stereocenters. The van der Waals surface area contributed by atoms with Crippen LogP contribution in [0.1, 0.15) is 26.7 Å². The van der Waals surface area contributed by atoms with Crippen molar-refractivity contribution in [2.45, 2.75) is 32.2 Å². The minimum atomic E-state index is 0.0261. The van der Waals surface area contributed by atoms with Crippen molar-refractivity contribution in [3.8, 4) is 0 Å². The lowest BCUT2D eigenvalue weighted by Crippen LogP contribution is -2.43. The lowest BCUT2D eigenvalue weighted by molar-refractivity contribution is 0.284. The molecule has 0 radical (unpaired) electrons. The lowest BCUT2D eigenvalue weighted by Gasteiger charge is -2.32. The van der Waals surface area contributed by atoms with E-state index in [1.807, 2.05) is 30.5 Å². The fraction of sp³-hybridized carbons (Fsp3) is 0.471. The minimum Gasteiger partial charge on any atom is -0.378 e. The third kappa shape index (κ3) is 3.47. The lowest BCUT2D eigenvalue weighted by atomic mass is 10.0. The fourth-order valence-electron chi connectivity index (χ4n) is 3.13. The fourth-order valence-corrected chi connectivity index (χ4v) is 3.30. The molecule has 1 aromatic carbocycles. The Labute approximate surface area is 131 Å². The van der Waals surface area contributed by atoms with Gasteiger partial charge >= 0.3 is 0 Å². The second-order valence-corrected chi connectivity index (χ2v) is 6.95. The highest BCUT2D eigenvalue weighted by Crippen LogP contribution is 2.27. The van der Waals surface area contributed by atoms with Gasteiger partial charge in [-0.2, -0.15) is 0 Å². The molecule has 0 amide bonds. The molecule has 112 valence electrons. The molecule has 21 heavy (non-hydrogen) atoms. The standard InChI is InChI=1S/C17H22ClN3/c1-17(2,12-21-9-3-4-10-21)20-15-7-8-19-16-11-13(18)5-6-14(15)16/h5-8,11H,3-4,9-10,12H2,1-2H3,(H,19,20). The van der Waals surface area contributed by atoms with E-state index in [2.05, 4.69) is 29.0 Å². The van der Waals surface area contributed by atoms with Gasteiger partial charge in [-0.1, -0.05) is 11.6 Å². The number of pyridine rings is 1. The van der Waals surface area contributed by atoms with E-state index < -0.39 is 0 Å². The van der Waals surface area contributed by atoms with Crippen molar-refractivity contribution in [2.75, 3.05) is 25.0 Å². The molecular formula is C17H22ClN3. The maximum atomic E-state index is 6.05. The number of benzene rings is 1. The van der Waals surface area contributed by atoms with E-state index in [0.717, 1.165) is 28.2 Å². The maximum absolute atomic E-state index is 6.05. The first-order chi connectivity index (χ1) is 10.0. The summed E-state index contributed by atoms with van der Waals surface area (Å²) in [7, 11) is 0. The summed E-state index contributed by atoms with van der Waals surface area (Å²) >= 11 is 6.05. The van der Waals surface area contributed by atoms with E-state index >= 15 is 0 Å². The Balaban J connectivity index is 1.83. The van der Waals surface area contributed by atoms with Crippen LogP contribution in [-0.4, -0.2) is 35.1 Å². The van der Waals surface area contributed by atoms with Crippen molar-refractivity contribution in [1.82, 2.24) is 9.88 Å². The van der Waals surface area contributed by atoms with E-state index in [0.29, 0.717) is 0 Å². The van der Waals surface area contributed by atoms with Gasteiger partial charge in [-0.25, -0.2) is 0 Å².